The van der Waals surface area contributed by atoms with Crippen LogP contribution in [0, 0.1) is 13.8 Å². The maximum absolute atomic E-state index is 12.1. The molecular formula is C18H18O3. The van der Waals surface area contributed by atoms with Crippen molar-refractivity contribution in [3.8, 4) is 0 Å². The molecule has 0 radical (unpaired) electrons. The second-order valence-electron chi connectivity index (χ2n) is 5.08. The van der Waals surface area contributed by atoms with Gasteiger partial charge in [0, 0.05) is 6.42 Å². The Labute approximate surface area is 124 Å². The van der Waals surface area contributed by atoms with Gasteiger partial charge in [0.25, 0.3) is 0 Å². The summed E-state index contributed by atoms with van der Waals surface area (Å²) in [5, 5.41) is 0. The monoisotopic (exact) mass is 282 g/mol. The molecule has 0 amide bonds. The number of ether oxygens (including phenoxy) is 1. The van der Waals surface area contributed by atoms with Crippen LogP contribution in [0.2, 0.25) is 0 Å². The fourth-order valence-corrected chi connectivity index (χ4v) is 2.14. The first-order valence-corrected chi connectivity index (χ1v) is 6.86. The number of rotatable bonds is 5. The van der Waals surface area contributed by atoms with Crippen LogP contribution >= 0.6 is 0 Å². The Balaban J connectivity index is 1.98. The maximum Gasteiger partial charge on any atom is 0.338 e. The molecule has 0 atom stereocenters. The van der Waals surface area contributed by atoms with Gasteiger partial charge in [-0.1, -0.05) is 42.0 Å². The van der Waals surface area contributed by atoms with Gasteiger partial charge in [-0.25, -0.2) is 4.79 Å². The first-order chi connectivity index (χ1) is 10.1. The van der Waals surface area contributed by atoms with Crippen molar-refractivity contribution in [3.63, 3.8) is 0 Å². The Bertz CT molecular complexity index is 642. The fourth-order valence-electron chi connectivity index (χ4n) is 2.14. The number of esters is 1. The van der Waals surface area contributed by atoms with Crippen molar-refractivity contribution in [2.75, 3.05) is 0 Å². The number of carbonyl (C=O) groups excluding carboxylic acids is 2. The van der Waals surface area contributed by atoms with Gasteiger partial charge in [-0.15, -0.1) is 0 Å². The van der Waals surface area contributed by atoms with Gasteiger partial charge in [0.1, 0.15) is 12.9 Å². The summed E-state index contributed by atoms with van der Waals surface area (Å²) in [4.78, 5) is 22.5. The highest BCUT2D eigenvalue weighted by atomic mass is 16.5. The molecule has 0 aliphatic heterocycles. The Morgan fingerprint density at radius 1 is 1.05 bits per heavy atom. The zero-order valence-electron chi connectivity index (χ0n) is 12.3. The summed E-state index contributed by atoms with van der Waals surface area (Å²) in [6, 6.07) is 13.1. The number of aldehydes is 1. The molecule has 108 valence electrons. The molecular weight excluding hydrogens is 264 g/mol. The van der Waals surface area contributed by atoms with E-state index >= 15 is 0 Å². The van der Waals surface area contributed by atoms with Crippen molar-refractivity contribution in [1.29, 1.82) is 0 Å². The van der Waals surface area contributed by atoms with E-state index in [-0.39, 0.29) is 12.6 Å². The van der Waals surface area contributed by atoms with Gasteiger partial charge < -0.3 is 9.53 Å². The highest BCUT2D eigenvalue weighted by molar-refractivity contribution is 5.91. The van der Waals surface area contributed by atoms with E-state index in [1.807, 2.05) is 50.2 Å². The smallest absolute Gasteiger partial charge is 0.338 e. The van der Waals surface area contributed by atoms with E-state index in [1.165, 1.54) is 0 Å². The lowest BCUT2D eigenvalue weighted by molar-refractivity contribution is -0.107. The fraction of sp³-hybridized carbons (Fsp3) is 0.222. The molecule has 2 aromatic rings. The lowest BCUT2D eigenvalue weighted by atomic mass is 10.1. The predicted octanol–water partition coefficient (Wildman–Crippen LogP) is 3.40. The molecule has 0 aromatic heterocycles. The van der Waals surface area contributed by atoms with Crippen LogP contribution in [0.4, 0.5) is 0 Å². The molecule has 0 bridgehead atoms. The molecule has 0 aliphatic rings. The molecule has 0 aliphatic carbocycles. The van der Waals surface area contributed by atoms with Crippen molar-refractivity contribution < 1.29 is 14.3 Å². The molecule has 0 saturated heterocycles. The topological polar surface area (TPSA) is 43.4 Å². The van der Waals surface area contributed by atoms with Crippen LogP contribution in [0.15, 0.2) is 42.5 Å². The van der Waals surface area contributed by atoms with Gasteiger partial charge in [-0.05, 0) is 36.6 Å². The third kappa shape index (κ3) is 4.02. The average molecular weight is 282 g/mol. The van der Waals surface area contributed by atoms with Gasteiger partial charge in [0.05, 0.1) is 5.56 Å². The number of carbonyl (C=O) groups is 2. The van der Waals surface area contributed by atoms with Crippen molar-refractivity contribution in [1.82, 2.24) is 0 Å². The normalized spacial score (nSPS) is 10.2. The summed E-state index contributed by atoms with van der Waals surface area (Å²) >= 11 is 0. The minimum Gasteiger partial charge on any atom is -0.457 e. The van der Waals surface area contributed by atoms with E-state index in [4.69, 9.17) is 4.74 Å². The number of hydrogen-bond acceptors (Lipinski definition) is 3. The van der Waals surface area contributed by atoms with Crippen molar-refractivity contribution in [3.05, 3.63) is 70.3 Å². The summed E-state index contributed by atoms with van der Waals surface area (Å²) in [6.45, 7) is 4.12. The highest BCUT2D eigenvalue weighted by Crippen LogP contribution is 2.13. The molecule has 21 heavy (non-hydrogen) atoms. The number of aryl methyl sites for hydroxylation is 2. The summed E-state index contributed by atoms with van der Waals surface area (Å²) < 4.78 is 5.33. The number of benzene rings is 2. The third-order valence-electron chi connectivity index (χ3n) is 3.31. The maximum atomic E-state index is 12.1. The van der Waals surface area contributed by atoms with E-state index in [2.05, 4.69) is 0 Å². The van der Waals surface area contributed by atoms with Crippen LogP contribution < -0.4 is 0 Å². The van der Waals surface area contributed by atoms with E-state index in [0.29, 0.717) is 12.0 Å². The van der Waals surface area contributed by atoms with Crippen LogP contribution in [-0.2, 0) is 22.6 Å². The minimum absolute atomic E-state index is 0.230. The SMILES string of the molecule is Cc1ccc(C(=O)OCc2ccc(CC=O)cc2)c(C)c1. The molecule has 0 unspecified atom stereocenters. The zero-order chi connectivity index (χ0) is 15.2. The second-order valence-corrected chi connectivity index (χ2v) is 5.08. The summed E-state index contributed by atoms with van der Waals surface area (Å²) in [5.74, 6) is -0.315. The predicted molar refractivity (Wildman–Crippen MR) is 81.2 cm³/mol. The van der Waals surface area contributed by atoms with E-state index in [9.17, 15) is 9.59 Å². The summed E-state index contributed by atoms with van der Waals surface area (Å²) in [6.07, 6.45) is 1.28. The zero-order valence-corrected chi connectivity index (χ0v) is 12.3. The van der Waals surface area contributed by atoms with Crippen LogP contribution in [0.25, 0.3) is 0 Å². The molecule has 2 aromatic carbocycles. The molecule has 2 rings (SSSR count). The molecule has 0 fully saturated rings. The van der Waals surface area contributed by atoms with Crippen LogP contribution in [-0.4, -0.2) is 12.3 Å². The average Bonchev–Trinajstić information content (AvgIpc) is 2.46. The molecule has 0 saturated carbocycles. The van der Waals surface area contributed by atoms with Gasteiger partial charge in [-0.2, -0.15) is 0 Å². The molecule has 3 heteroatoms. The Morgan fingerprint density at radius 2 is 1.71 bits per heavy atom. The highest BCUT2D eigenvalue weighted by Gasteiger charge is 2.10. The van der Waals surface area contributed by atoms with Crippen LogP contribution in [0.3, 0.4) is 0 Å². The Kier molecular flexibility index (Phi) is 4.88. The van der Waals surface area contributed by atoms with E-state index in [0.717, 1.165) is 28.5 Å². The van der Waals surface area contributed by atoms with Crippen molar-refractivity contribution in [2.45, 2.75) is 26.9 Å². The molecule has 0 N–H and O–H groups in total. The molecule has 0 spiro atoms. The van der Waals surface area contributed by atoms with Gasteiger partial charge in [-0.3, -0.25) is 0 Å². The number of hydrogen-bond donors (Lipinski definition) is 0. The van der Waals surface area contributed by atoms with Crippen LogP contribution in [0.5, 0.6) is 0 Å². The quantitative estimate of drug-likeness (QED) is 0.623. The lowest BCUT2D eigenvalue weighted by Crippen LogP contribution is -2.07. The first-order valence-electron chi connectivity index (χ1n) is 6.86. The van der Waals surface area contributed by atoms with Gasteiger partial charge in [0.2, 0.25) is 0 Å². The third-order valence-corrected chi connectivity index (χ3v) is 3.31. The standard InChI is InChI=1S/C18H18O3/c1-13-3-8-17(14(2)11-13)18(20)21-12-16-6-4-15(5-7-16)9-10-19/h3-8,10-11H,9,12H2,1-2H3. The van der Waals surface area contributed by atoms with Crippen LogP contribution in [0.1, 0.15) is 32.6 Å². The van der Waals surface area contributed by atoms with E-state index < -0.39 is 0 Å². The summed E-state index contributed by atoms with van der Waals surface area (Å²) in [5.41, 5.74) is 4.49. The largest absolute Gasteiger partial charge is 0.457 e. The van der Waals surface area contributed by atoms with Gasteiger partial charge >= 0.3 is 5.97 Å². The first kappa shape index (κ1) is 15.0. The minimum atomic E-state index is -0.315. The van der Waals surface area contributed by atoms with Crippen molar-refractivity contribution >= 4 is 12.3 Å². The molecule has 0 heterocycles. The Morgan fingerprint density at radius 3 is 2.33 bits per heavy atom. The van der Waals surface area contributed by atoms with E-state index in [1.54, 1.807) is 6.07 Å². The lowest BCUT2D eigenvalue weighted by Gasteiger charge is -2.08. The van der Waals surface area contributed by atoms with Crippen molar-refractivity contribution in [2.24, 2.45) is 0 Å². The summed E-state index contributed by atoms with van der Waals surface area (Å²) in [7, 11) is 0. The van der Waals surface area contributed by atoms with Gasteiger partial charge in [0.15, 0.2) is 0 Å². The second kappa shape index (κ2) is 6.84. The Hall–Kier alpha value is -2.42. The molecule has 3 nitrogen and oxygen atoms in total.